The van der Waals surface area contributed by atoms with Gasteiger partial charge in [-0.15, -0.1) is 0 Å². The Hall–Kier alpha value is -1.13. The lowest BCUT2D eigenvalue weighted by Gasteiger charge is -1.83. The first-order valence-electron chi connectivity index (χ1n) is 2.49. The highest BCUT2D eigenvalue weighted by Crippen LogP contribution is 2.32. The number of nitrogens with zero attached hydrogens (tertiary/aromatic N) is 1. The Kier molecular flexibility index (Phi) is 1.12. The summed E-state index contributed by atoms with van der Waals surface area (Å²) in [6, 6.07) is -0.817. The molecular weight excluding hydrogens is 126 g/mol. The third-order valence-corrected chi connectivity index (χ3v) is 1.34. The van der Waals surface area contributed by atoms with E-state index >= 15 is 0 Å². The molecule has 0 heterocycles. The molecule has 0 aromatic carbocycles. The molecule has 2 atom stereocenters. The van der Waals surface area contributed by atoms with E-state index in [2.05, 4.69) is 0 Å². The molecule has 1 fully saturated rings. The van der Waals surface area contributed by atoms with Crippen molar-refractivity contribution in [1.29, 1.82) is 0 Å². The largest absolute Gasteiger partial charge is 0.481 e. The van der Waals surface area contributed by atoms with Gasteiger partial charge in [0.05, 0.1) is 0 Å². The van der Waals surface area contributed by atoms with Crippen molar-refractivity contribution >= 4 is 5.97 Å². The summed E-state index contributed by atoms with van der Waals surface area (Å²) in [4.78, 5) is 19.2. The van der Waals surface area contributed by atoms with Gasteiger partial charge in [0.25, 0.3) is 0 Å². The van der Waals surface area contributed by atoms with E-state index in [9.17, 15) is 14.9 Å². The summed E-state index contributed by atoms with van der Waals surface area (Å²) >= 11 is 0. The minimum Gasteiger partial charge on any atom is -0.481 e. The van der Waals surface area contributed by atoms with Gasteiger partial charge in [-0.2, -0.15) is 0 Å². The van der Waals surface area contributed by atoms with Crippen LogP contribution in [-0.2, 0) is 4.79 Å². The van der Waals surface area contributed by atoms with Crippen LogP contribution < -0.4 is 0 Å². The molecule has 9 heavy (non-hydrogen) atoms. The third-order valence-electron chi connectivity index (χ3n) is 1.34. The summed E-state index contributed by atoms with van der Waals surface area (Å²) in [5.41, 5.74) is 0. The summed E-state index contributed by atoms with van der Waals surface area (Å²) in [6.07, 6.45) is 0.197. The van der Waals surface area contributed by atoms with E-state index in [0.29, 0.717) is 0 Å². The minimum atomic E-state index is -1.06. The fourth-order valence-electron chi connectivity index (χ4n) is 0.680. The van der Waals surface area contributed by atoms with E-state index < -0.39 is 22.9 Å². The van der Waals surface area contributed by atoms with E-state index in [0.717, 1.165) is 0 Å². The molecule has 0 bridgehead atoms. The van der Waals surface area contributed by atoms with Gasteiger partial charge in [-0.3, -0.25) is 14.9 Å². The van der Waals surface area contributed by atoms with Gasteiger partial charge in [0.2, 0.25) is 6.04 Å². The molecule has 5 heteroatoms. The predicted octanol–water partition coefficient (Wildman–Crippen LogP) is -0.264. The molecule has 0 amide bonds. The van der Waals surface area contributed by atoms with Gasteiger partial charge >= 0.3 is 5.97 Å². The van der Waals surface area contributed by atoms with Gasteiger partial charge in [0, 0.05) is 11.3 Å². The zero-order valence-corrected chi connectivity index (χ0v) is 4.48. The smallest absolute Gasteiger partial charge is 0.313 e. The van der Waals surface area contributed by atoms with Crippen molar-refractivity contribution in [2.24, 2.45) is 5.92 Å². The van der Waals surface area contributed by atoms with E-state index in [1.807, 2.05) is 0 Å². The normalized spacial score (nSPS) is 31.6. The fraction of sp³-hybridized carbons (Fsp3) is 0.750. The number of aliphatic carboxylic acids is 1. The highest BCUT2D eigenvalue weighted by molar-refractivity contribution is 5.73. The Morgan fingerprint density at radius 2 is 2.33 bits per heavy atom. The summed E-state index contributed by atoms with van der Waals surface area (Å²) in [5, 5.41) is 18.0. The second kappa shape index (κ2) is 1.68. The average molecular weight is 131 g/mol. The van der Waals surface area contributed by atoms with Crippen LogP contribution in [0.3, 0.4) is 0 Å². The molecule has 1 aliphatic rings. The first kappa shape index (κ1) is 6.00. The van der Waals surface area contributed by atoms with Crippen molar-refractivity contribution in [2.75, 3.05) is 0 Å². The summed E-state index contributed by atoms with van der Waals surface area (Å²) < 4.78 is 0. The standard InChI is InChI=1S/C4H5NO4/c6-4(7)2-1-3(2)5(8)9/h2-3H,1H2,(H,6,7)/t2-,3+/m0/s1. The van der Waals surface area contributed by atoms with Crippen molar-refractivity contribution in [1.82, 2.24) is 0 Å². The monoisotopic (exact) mass is 131 g/mol. The molecule has 50 valence electrons. The zero-order valence-electron chi connectivity index (χ0n) is 4.48. The fourth-order valence-corrected chi connectivity index (χ4v) is 0.680. The average Bonchev–Trinajstić information content (AvgIpc) is 2.39. The molecule has 1 aliphatic carbocycles. The van der Waals surface area contributed by atoms with Crippen LogP contribution in [0, 0.1) is 16.0 Å². The van der Waals surface area contributed by atoms with Gasteiger partial charge in [0.15, 0.2) is 0 Å². The predicted molar refractivity (Wildman–Crippen MR) is 26.5 cm³/mol. The number of carbonyl (C=O) groups is 1. The highest BCUT2D eigenvalue weighted by Gasteiger charge is 2.53. The molecule has 1 rings (SSSR count). The zero-order chi connectivity index (χ0) is 7.02. The maximum atomic E-state index is 9.97. The molecule has 5 nitrogen and oxygen atoms in total. The number of hydrogen-bond donors (Lipinski definition) is 1. The van der Waals surface area contributed by atoms with Crippen molar-refractivity contribution in [3.63, 3.8) is 0 Å². The molecular formula is C4H5NO4. The molecule has 0 aromatic heterocycles. The Labute approximate surface area is 50.4 Å². The molecule has 0 radical (unpaired) electrons. The number of nitro groups is 1. The summed E-state index contributed by atoms with van der Waals surface area (Å²) in [7, 11) is 0. The second-order valence-electron chi connectivity index (χ2n) is 2.03. The van der Waals surface area contributed by atoms with Gasteiger partial charge in [-0.25, -0.2) is 0 Å². The Bertz CT molecular complexity index is 148. The lowest BCUT2D eigenvalue weighted by Crippen LogP contribution is -2.09. The van der Waals surface area contributed by atoms with E-state index in [1.54, 1.807) is 0 Å². The van der Waals surface area contributed by atoms with Crippen molar-refractivity contribution in [3.05, 3.63) is 10.1 Å². The van der Waals surface area contributed by atoms with Crippen LogP contribution in [0.2, 0.25) is 0 Å². The number of carboxylic acids is 1. The van der Waals surface area contributed by atoms with Crippen LogP contribution in [0.5, 0.6) is 0 Å². The summed E-state index contributed by atoms with van der Waals surface area (Å²) in [6.45, 7) is 0. The van der Waals surface area contributed by atoms with Gasteiger partial charge < -0.3 is 5.11 Å². The van der Waals surface area contributed by atoms with E-state index in [4.69, 9.17) is 5.11 Å². The number of rotatable bonds is 2. The van der Waals surface area contributed by atoms with E-state index in [-0.39, 0.29) is 6.42 Å². The van der Waals surface area contributed by atoms with Crippen LogP contribution in [0.1, 0.15) is 6.42 Å². The van der Waals surface area contributed by atoms with Crippen molar-refractivity contribution in [3.8, 4) is 0 Å². The number of carboxylic acid groups (broad SMARTS) is 1. The first-order valence-corrected chi connectivity index (χ1v) is 2.49. The van der Waals surface area contributed by atoms with Crippen LogP contribution in [0.15, 0.2) is 0 Å². The maximum absolute atomic E-state index is 9.97. The van der Waals surface area contributed by atoms with Crippen LogP contribution >= 0.6 is 0 Å². The molecule has 0 spiro atoms. The third kappa shape index (κ3) is 0.984. The lowest BCUT2D eigenvalue weighted by atomic mass is 10.4. The van der Waals surface area contributed by atoms with Crippen LogP contribution in [0.4, 0.5) is 0 Å². The quantitative estimate of drug-likeness (QED) is 0.413. The maximum Gasteiger partial charge on any atom is 0.313 e. The van der Waals surface area contributed by atoms with E-state index in [1.165, 1.54) is 0 Å². The Morgan fingerprint density at radius 3 is 2.44 bits per heavy atom. The van der Waals surface area contributed by atoms with Crippen LogP contribution in [0.25, 0.3) is 0 Å². The van der Waals surface area contributed by atoms with Crippen molar-refractivity contribution < 1.29 is 14.8 Å². The van der Waals surface area contributed by atoms with Crippen LogP contribution in [-0.4, -0.2) is 22.0 Å². The Morgan fingerprint density at radius 1 is 1.78 bits per heavy atom. The SMILES string of the molecule is O=C(O)[C@H]1C[C@H]1[N+](=O)[O-]. The van der Waals surface area contributed by atoms with Gasteiger partial charge in [-0.1, -0.05) is 0 Å². The molecule has 1 N–H and O–H groups in total. The molecule has 0 saturated heterocycles. The molecule has 0 aliphatic heterocycles. The minimum absolute atomic E-state index is 0.197. The molecule has 0 unspecified atom stereocenters. The van der Waals surface area contributed by atoms with Gasteiger partial charge in [-0.05, 0) is 0 Å². The molecule has 0 aromatic rings. The first-order chi connectivity index (χ1) is 4.13. The lowest BCUT2D eigenvalue weighted by molar-refractivity contribution is -0.497. The summed E-state index contributed by atoms with van der Waals surface area (Å²) in [5.74, 6) is -1.78. The highest BCUT2D eigenvalue weighted by atomic mass is 16.6. The Balaban J connectivity index is 2.42. The molecule has 1 saturated carbocycles. The number of hydrogen-bond acceptors (Lipinski definition) is 3. The van der Waals surface area contributed by atoms with Gasteiger partial charge in [0.1, 0.15) is 5.92 Å². The second-order valence-corrected chi connectivity index (χ2v) is 2.03. The topological polar surface area (TPSA) is 80.4 Å². The van der Waals surface area contributed by atoms with Crippen molar-refractivity contribution in [2.45, 2.75) is 12.5 Å².